The topological polar surface area (TPSA) is 107 Å². The highest BCUT2D eigenvalue weighted by atomic mass is 16.5. The molecule has 3 saturated carbocycles. The predicted molar refractivity (Wildman–Crippen MR) is 166 cm³/mol. The molecule has 236 valence electrons. The second-order valence-corrected chi connectivity index (χ2v) is 13.8. The van der Waals surface area contributed by atoms with Gasteiger partial charge in [0.15, 0.2) is 0 Å². The van der Waals surface area contributed by atoms with E-state index < -0.39 is 11.4 Å². The van der Waals surface area contributed by atoms with Crippen LogP contribution in [0.25, 0.3) is 0 Å². The minimum atomic E-state index is -0.891. The van der Waals surface area contributed by atoms with E-state index in [-0.39, 0.29) is 53.4 Å². The van der Waals surface area contributed by atoms with Crippen LogP contribution in [0.15, 0.2) is 60.7 Å². The van der Waals surface area contributed by atoms with Gasteiger partial charge < -0.3 is 14.6 Å². The number of hydrogen-bond acceptors (Lipinski definition) is 6. The number of hydrogen-bond donors (Lipinski definition) is 1. The van der Waals surface area contributed by atoms with Gasteiger partial charge in [0.25, 0.3) is 0 Å². The molecule has 8 atom stereocenters. The Morgan fingerprint density at radius 3 is 2.18 bits per heavy atom. The second kappa shape index (κ2) is 13.3. The van der Waals surface area contributed by atoms with Crippen molar-refractivity contribution in [1.82, 2.24) is 0 Å². The van der Waals surface area contributed by atoms with E-state index in [9.17, 15) is 24.3 Å². The van der Waals surface area contributed by atoms with Crippen molar-refractivity contribution in [2.24, 2.45) is 40.4 Å². The van der Waals surface area contributed by atoms with Crippen molar-refractivity contribution in [1.29, 1.82) is 0 Å². The van der Waals surface area contributed by atoms with Gasteiger partial charge in [-0.05, 0) is 98.8 Å². The number of ether oxygens (including phenoxy) is 2. The molecule has 3 fully saturated rings. The largest absolute Gasteiger partial charge is 0.481 e. The summed E-state index contributed by atoms with van der Waals surface area (Å²) in [6.45, 7) is 6.87. The minimum Gasteiger partial charge on any atom is -0.481 e. The standard InChI is InChI=1S/C37H46O7/c1-24(11-10-22-43-34(41)25-12-6-4-7-13-25)28-17-18-29-27-16-19-31(38)36(2,21-20-33(39)40)30(27)23-32(37(28,29)3)44-35(42)26-14-8-5-9-15-26/h4-9,12-15,24,27-30,32H,10-11,16-23H2,1-3H3,(H,39,40)/t24-,27+,28-,29+,30+,32+,36-,37-/m1/s1. The Kier molecular flexibility index (Phi) is 9.62. The highest BCUT2D eigenvalue weighted by molar-refractivity contribution is 5.90. The fraction of sp³-hybridized carbons (Fsp3) is 0.568. The first-order chi connectivity index (χ1) is 21.1. The van der Waals surface area contributed by atoms with Gasteiger partial charge in [0.2, 0.25) is 0 Å². The zero-order chi connectivity index (χ0) is 31.5. The Bertz CT molecular complexity index is 1340. The van der Waals surface area contributed by atoms with Gasteiger partial charge in [-0.15, -0.1) is 0 Å². The van der Waals surface area contributed by atoms with Crippen LogP contribution < -0.4 is 0 Å². The van der Waals surface area contributed by atoms with Gasteiger partial charge in [0, 0.05) is 23.7 Å². The summed E-state index contributed by atoms with van der Waals surface area (Å²) >= 11 is 0. The Labute approximate surface area is 260 Å². The number of aliphatic carboxylic acids is 1. The fourth-order valence-corrected chi connectivity index (χ4v) is 9.24. The van der Waals surface area contributed by atoms with Crippen molar-refractivity contribution >= 4 is 23.7 Å². The average molecular weight is 603 g/mol. The van der Waals surface area contributed by atoms with Crippen LogP contribution >= 0.6 is 0 Å². The number of Topliss-reactive ketones (excluding diaryl/α,β-unsaturated/α-hetero) is 1. The summed E-state index contributed by atoms with van der Waals surface area (Å²) in [5.41, 5.74) is 0.0328. The molecule has 1 N–H and O–H groups in total. The van der Waals surface area contributed by atoms with Gasteiger partial charge in [0.05, 0.1) is 17.7 Å². The van der Waals surface area contributed by atoms with E-state index in [2.05, 4.69) is 13.8 Å². The molecule has 0 heterocycles. The van der Waals surface area contributed by atoms with E-state index in [0.29, 0.717) is 48.8 Å². The molecular weight excluding hydrogens is 556 g/mol. The lowest BCUT2D eigenvalue weighted by Crippen LogP contribution is -2.59. The van der Waals surface area contributed by atoms with E-state index in [0.717, 1.165) is 32.1 Å². The van der Waals surface area contributed by atoms with Crippen LogP contribution in [0.1, 0.15) is 99.3 Å². The molecule has 0 saturated heterocycles. The van der Waals surface area contributed by atoms with Crippen molar-refractivity contribution < 1.29 is 33.8 Å². The smallest absolute Gasteiger partial charge is 0.338 e. The molecule has 7 heteroatoms. The highest BCUT2D eigenvalue weighted by Crippen LogP contribution is 2.66. The van der Waals surface area contributed by atoms with Gasteiger partial charge in [-0.1, -0.05) is 57.2 Å². The summed E-state index contributed by atoms with van der Waals surface area (Å²) in [4.78, 5) is 50.9. The molecule has 44 heavy (non-hydrogen) atoms. The molecular formula is C37H46O7. The number of carboxylic acid groups (broad SMARTS) is 1. The second-order valence-electron chi connectivity index (χ2n) is 13.8. The van der Waals surface area contributed by atoms with Gasteiger partial charge in [-0.25, -0.2) is 9.59 Å². The Hall–Kier alpha value is -3.48. The molecule has 3 aliphatic rings. The van der Waals surface area contributed by atoms with Crippen LogP contribution in [-0.4, -0.2) is 41.5 Å². The van der Waals surface area contributed by atoms with Crippen molar-refractivity contribution in [3.05, 3.63) is 71.8 Å². The average Bonchev–Trinajstić information content (AvgIpc) is 3.39. The SMILES string of the molecule is C[C@H](CCCOC(=O)c1ccccc1)[C@H]1CC[C@H]2[C@@H]3CCC(=O)[C@](C)(CCC(=O)O)[C@H]3C[C@H](OC(=O)c3ccccc3)[C@]12C. The van der Waals surface area contributed by atoms with Gasteiger partial charge in [-0.3, -0.25) is 9.59 Å². The first kappa shape index (κ1) is 31.9. The molecule has 0 bridgehead atoms. The number of rotatable bonds is 11. The van der Waals surface area contributed by atoms with E-state index in [4.69, 9.17) is 9.47 Å². The van der Waals surface area contributed by atoms with Crippen molar-refractivity contribution in [2.75, 3.05) is 6.61 Å². The lowest BCUT2D eigenvalue weighted by molar-refractivity contribution is -0.166. The van der Waals surface area contributed by atoms with E-state index in [1.807, 2.05) is 43.3 Å². The van der Waals surface area contributed by atoms with Crippen LogP contribution in [0.4, 0.5) is 0 Å². The summed E-state index contributed by atoms with van der Waals surface area (Å²) in [6, 6.07) is 18.1. The maximum atomic E-state index is 13.5. The van der Waals surface area contributed by atoms with Crippen LogP contribution in [-0.2, 0) is 19.1 Å². The lowest BCUT2D eigenvalue weighted by atomic mass is 9.47. The van der Waals surface area contributed by atoms with Crippen LogP contribution in [0.2, 0.25) is 0 Å². The predicted octanol–water partition coefficient (Wildman–Crippen LogP) is 7.39. The fourth-order valence-electron chi connectivity index (χ4n) is 9.24. The summed E-state index contributed by atoms with van der Waals surface area (Å²) < 4.78 is 12.0. The number of carbonyl (C=O) groups is 4. The summed E-state index contributed by atoms with van der Waals surface area (Å²) in [5, 5.41) is 9.49. The molecule has 0 aromatic heterocycles. The van der Waals surface area contributed by atoms with Gasteiger partial charge >= 0.3 is 17.9 Å². The third-order valence-corrected chi connectivity index (χ3v) is 11.6. The molecule has 2 aromatic rings. The lowest BCUT2D eigenvalue weighted by Gasteiger charge is -2.58. The molecule has 7 nitrogen and oxygen atoms in total. The normalized spacial score (nSPS) is 31.8. The zero-order valence-corrected chi connectivity index (χ0v) is 26.2. The Balaban J connectivity index is 1.36. The van der Waals surface area contributed by atoms with Crippen molar-refractivity contribution in [3.63, 3.8) is 0 Å². The molecule has 0 unspecified atom stereocenters. The Morgan fingerprint density at radius 2 is 1.55 bits per heavy atom. The molecule has 0 aliphatic heterocycles. The molecule has 3 aliphatic carbocycles. The zero-order valence-electron chi connectivity index (χ0n) is 26.2. The first-order valence-corrected chi connectivity index (χ1v) is 16.3. The minimum absolute atomic E-state index is 0.0267. The molecule has 2 aromatic carbocycles. The molecule has 5 rings (SSSR count). The third kappa shape index (κ3) is 6.20. The molecule has 0 amide bonds. The number of fused-ring (bicyclic) bond motifs is 3. The number of carbonyl (C=O) groups excluding carboxylic acids is 3. The molecule has 0 radical (unpaired) electrons. The van der Waals surface area contributed by atoms with Crippen molar-refractivity contribution in [3.8, 4) is 0 Å². The van der Waals surface area contributed by atoms with Gasteiger partial charge in [0.1, 0.15) is 11.9 Å². The molecule has 0 spiro atoms. The number of benzene rings is 2. The maximum Gasteiger partial charge on any atom is 0.338 e. The van der Waals surface area contributed by atoms with Crippen LogP contribution in [0.3, 0.4) is 0 Å². The number of ketones is 1. The maximum absolute atomic E-state index is 13.5. The van der Waals surface area contributed by atoms with Crippen molar-refractivity contribution in [2.45, 2.75) is 84.7 Å². The van der Waals surface area contributed by atoms with E-state index in [1.54, 1.807) is 24.3 Å². The third-order valence-electron chi connectivity index (χ3n) is 11.6. The number of esters is 2. The quantitative estimate of drug-likeness (QED) is 0.211. The summed E-state index contributed by atoms with van der Waals surface area (Å²) in [5.74, 6) is -0.260. The highest BCUT2D eigenvalue weighted by Gasteiger charge is 2.64. The number of carboxylic acids is 1. The summed E-state index contributed by atoms with van der Waals surface area (Å²) in [6.07, 6.45) is 5.37. The van der Waals surface area contributed by atoms with Gasteiger partial charge in [-0.2, -0.15) is 0 Å². The summed E-state index contributed by atoms with van der Waals surface area (Å²) in [7, 11) is 0. The van der Waals surface area contributed by atoms with Crippen LogP contribution in [0, 0.1) is 40.4 Å². The van der Waals surface area contributed by atoms with E-state index in [1.165, 1.54) is 0 Å². The Morgan fingerprint density at radius 1 is 0.909 bits per heavy atom. The van der Waals surface area contributed by atoms with Crippen LogP contribution in [0.5, 0.6) is 0 Å². The monoisotopic (exact) mass is 602 g/mol. The van der Waals surface area contributed by atoms with E-state index >= 15 is 0 Å². The first-order valence-electron chi connectivity index (χ1n) is 16.3.